The van der Waals surface area contributed by atoms with Gasteiger partial charge in [-0.25, -0.2) is 8.78 Å². The van der Waals surface area contributed by atoms with Crippen LogP contribution in [0.3, 0.4) is 0 Å². The minimum absolute atomic E-state index is 0.00833. The van der Waals surface area contributed by atoms with Gasteiger partial charge in [-0.2, -0.15) is 0 Å². The highest BCUT2D eigenvalue weighted by Gasteiger charge is 2.29. The summed E-state index contributed by atoms with van der Waals surface area (Å²) in [5, 5.41) is 2.71. The number of anilines is 1. The second-order valence-corrected chi connectivity index (χ2v) is 6.97. The number of rotatable bonds is 6. The van der Waals surface area contributed by atoms with Crippen molar-refractivity contribution < 1.29 is 27.8 Å². The number of nitrogens with zero attached hydrogens (tertiary/aromatic N) is 1. The molecular formula is C21H22F2N2O4. The first-order chi connectivity index (χ1) is 13.8. The molecule has 2 amide bonds. The number of halogens is 2. The number of hydrogen-bond acceptors (Lipinski definition) is 4. The van der Waals surface area contributed by atoms with Crippen molar-refractivity contribution in [3.8, 4) is 11.5 Å². The molecule has 2 aromatic carbocycles. The summed E-state index contributed by atoms with van der Waals surface area (Å²) in [6.45, 7) is 3.74. The Morgan fingerprint density at radius 1 is 1.17 bits per heavy atom. The number of carbonyl (C=O) groups is 2. The molecule has 29 heavy (non-hydrogen) atoms. The molecule has 0 unspecified atom stereocenters. The highest BCUT2D eigenvalue weighted by Crippen LogP contribution is 2.34. The van der Waals surface area contributed by atoms with E-state index < -0.39 is 17.5 Å². The molecular weight excluding hydrogens is 382 g/mol. The average molecular weight is 404 g/mol. The third-order valence-electron chi connectivity index (χ3n) is 4.48. The summed E-state index contributed by atoms with van der Waals surface area (Å²) < 4.78 is 38.3. The number of benzene rings is 2. The predicted molar refractivity (Wildman–Crippen MR) is 104 cm³/mol. The van der Waals surface area contributed by atoms with Crippen molar-refractivity contribution in [1.29, 1.82) is 0 Å². The Bertz CT molecular complexity index is 947. The van der Waals surface area contributed by atoms with Crippen LogP contribution in [0.25, 0.3) is 0 Å². The lowest BCUT2D eigenvalue weighted by Gasteiger charge is -2.19. The van der Waals surface area contributed by atoms with Gasteiger partial charge in [0.25, 0.3) is 11.8 Å². The fourth-order valence-electron chi connectivity index (χ4n) is 3.22. The molecule has 1 aliphatic heterocycles. The Labute approximate surface area is 167 Å². The first-order valence-corrected chi connectivity index (χ1v) is 9.20. The average Bonchev–Trinajstić information content (AvgIpc) is 3.09. The molecule has 1 N–H and O–H groups in total. The molecule has 1 aliphatic rings. The number of amides is 2. The lowest BCUT2D eigenvalue weighted by molar-refractivity contribution is -0.123. The van der Waals surface area contributed by atoms with E-state index >= 15 is 0 Å². The Hall–Kier alpha value is -3.16. The number of fused-ring (bicyclic) bond motifs is 1. The number of methoxy groups -OCH3 is 1. The van der Waals surface area contributed by atoms with E-state index in [-0.39, 0.29) is 42.1 Å². The van der Waals surface area contributed by atoms with E-state index in [1.807, 2.05) is 13.8 Å². The van der Waals surface area contributed by atoms with Gasteiger partial charge < -0.3 is 19.7 Å². The topological polar surface area (TPSA) is 67.9 Å². The Balaban J connectivity index is 1.79. The molecule has 154 valence electrons. The second kappa shape index (κ2) is 8.46. The first-order valence-electron chi connectivity index (χ1n) is 9.20. The standard InChI is InChI=1S/C21H22F2N2O4/c1-12(2)24-20(26)11-29-18-5-4-13(8-19(18)28-3)21(27)25-7-6-15-16(23)9-14(22)10-17(15)25/h4-5,8-10,12H,6-7,11H2,1-3H3,(H,24,26). The van der Waals surface area contributed by atoms with Crippen LogP contribution in [0.15, 0.2) is 30.3 Å². The van der Waals surface area contributed by atoms with Gasteiger partial charge in [-0.05, 0) is 44.5 Å². The van der Waals surface area contributed by atoms with Gasteiger partial charge in [0, 0.05) is 29.8 Å². The molecule has 0 atom stereocenters. The van der Waals surface area contributed by atoms with Gasteiger partial charge in [0.2, 0.25) is 0 Å². The summed E-state index contributed by atoms with van der Waals surface area (Å²) in [5.74, 6) is -1.49. The smallest absolute Gasteiger partial charge is 0.258 e. The molecule has 0 saturated carbocycles. The summed E-state index contributed by atoms with van der Waals surface area (Å²) in [4.78, 5) is 26.0. The van der Waals surface area contributed by atoms with Crippen LogP contribution in [0.4, 0.5) is 14.5 Å². The molecule has 0 aliphatic carbocycles. The van der Waals surface area contributed by atoms with Gasteiger partial charge in [0.1, 0.15) is 11.6 Å². The minimum Gasteiger partial charge on any atom is -0.493 e. The molecule has 0 fully saturated rings. The number of nitrogens with one attached hydrogen (secondary N) is 1. The highest BCUT2D eigenvalue weighted by molar-refractivity contribution is 6.07. The van der Waals surface area contributed by atoms with E-state index in [1.54, 1.807) is 0 Å². The van der Waals surface area contributed by atoms with Crippen LogP contribution in [0.5, 0.6) is 11.5 Å². The first kappa shape index (κ1) is 20.6. The molecule has 8 heteroatoms. The van der Waals surface area contributed by atoms with Crippen LogP contribution in [0.2, 0.25) is 0 Å². The van der Waals surface area contributed by atoms with Crippen molar-refractivity contribution in [1.82, 2.24) is 5.32 Å². The van der Waals surface area contributed by atoms with Gasteiger partial charge in [0.05, 0.1) is 12.8 Å². The maximum atomic E-state index is 13.9. The van der Waals surface area contributed by atoms with Gasteiger partial charge in [-0.3, -0.25) is 9.59 Å². The van der Waals surface area contributed by atoms with Crippen molar-refractivity contribution in [3.05, 3.63) is 53.1 Å². The van der Waals surface area contributed by atoms with Gasteiger partial charge in [0.15, 0.2) is 18.1 Å². The third kappa shape index (κ3) is 4.47. The third-order valence-corrected chi connectivity index (χ3v) is 4.48. The van der Waals surface area contributed by atoms with Crippen LogP contribution >= 0.6 is 0 Å². The molecule has 2 aromatic rings. The lowest BCUT2D eigenvalue weighted by atomic mass is 10.1. The normalized spacial score (nSPS) is 12.7. The van der Waals surface area contributed by atoms with E-state index in [9.17, 15) is 18.4 Å². The molecule has 0 spiro atoms. The molecule has 0 bridgehead atoms. The Morgan fingerprint density at radius 2 is 1.93 bits per heavy atom. The van der Waals surface area contributed by atoms with Crippen LogP contribution in [-0.2, 0) is 11.2 Å². The van der Waals surface area contributed by atoms with E-state index in [2.05, 4.69) is 5.32 Å². The van der Waals surface area contributed by atoms with Gasteiger partial charge in [-0.15, -0.1) is 0 Å². The summed E-state index contributed by atoms with van der Waals surface area (Å²) >= 11 is 0. The molecule has 6 nitrogen and oxygen atoms in total. The summed E-state index contributed by atoms with van der Waals surface area (Å²) in [7, 11) is 1.42. The monoisotopic (exact) mass is 404 g/mol. The van der Waals surface area contributed by atoms with Crippen molar-refractivity contribution >= 4 is 17.5 Å². The SMILES string of the molecule is COc1cc(C(=O)N2CCc3c(F)cc(F)cc32)ccc1OCC(=O)NC(C)C. The zero-order valence-corrected chi connectivity index (χ0v) is 16.4. The van der Waals surface area contributed by atoms with E-state index in [0.29, 0.717) is 17.7 Å². The summed E-state index contributed by atoms with van der Waals surface area (Å²) in [5.41, 5.74) is 0.832. The number of carbonyl (C=O) groups excluding carboxylic acids is 2. The van der Waals surface area contributed by atoms with Crippen LogP contribution < -0.4 is 19.7 Å². The maximum Gasteiger partial charge on any atom is 0.258 e. The summed E-state index contributed by atoms with van der Waals surface area (Å²) in [6, 6.07) is 6.49. The fourth-order valence-corrected chi connectivity index (χ4v) is 3.22. The van der Waals surface area contributed by atoms with Crippen LogP contribution in [-0.4, -0.2) is 38.1 Å². The van der Waals surface area contributed by atoms with Crippen molar-refractivity contribution in [2.24, 2.45) is 0 Å². The molecule has 0 radical (unpaired) electrons. The molecule has 3 rings (SSSR count). The predicted octanol–water partition coefficient (Wildman–Crippen LogP) is 3.08. The quantitative estimate of drug-likeness (QED) is 0.804. The largest absolute Gasteiger partial charge is 0.493 e. The van der Waals surface area contributed by atoms with Gasteiger partial charge in [-0.1, -0.05) is 0 Å². The molecule has 0 aromatic heterocycles. The van der Waals surface area contributed by atoms with Crippen LogP contribution in [0.1, 0.15) is 29.8 Å². The highest BCUT2D eigenvalue weighted by atomic mass is 19.1. The zero-order chi connectivity index (χ0) is 21.1. The number of ether oxygens (including phenoxy) is 2. The lowest BCUT2D eigenvalue weighted by Crippen LogP contribution is -2.34. The minimum atomic E-state index is -0.734. The molecule has 1 heterocycles. The maximum absolute atomic E-state index is 13.9. The van der Waals surface area contributed by atoms with E-state index in [1.165, 1.54) is 30.2 Å². The summed E-state index contributed by atoms with van der Waals surface area (Å²) in [6.07, 6.45) is 0.316. The Morgan fingerprint density at radius 3 is 2.62 bits per heavy atom. The van der Waals surface area contributed by atoms with Gasteiger partial charge >= 0.3 is 0 Å². The number of hydrogen-bond donors (Lipinski definition) is 1. The molecule has 0 saturated heterocycles. The zero-order valence-electron chi connectivity index (χ0n) is 16.4. The van der Waals surface area contributed by atoms with Crippen LogP contribution in [0, 0.1) is 11.6 Å². The Kier molecular flexibility index (Phi) is 6.00. The van der Waals surface area contributed by atoms with Crippen molar-refractivity contribution in [3.63, 3.8) is 0 Å². The van der Waals surface area contributed by atoms with Crippen molar-refractivity contribution in [2.75, 3.05) is 25.2 Å². The second-order valence-electron chi connectivity index (χ2n) is 6.97. The van der Waals surface area contributed by atoms with Crippen molar-refractivity contribution in [2.45, 2.75) is 26.3 Å². The van der Waals surface area contributed by atoms with E-state index in [0.717, 1.165) is 12.1 Å². The van der Waals surface area contributed by atoms with E-state index in [4.69, 9.17) is 9.47 Å². The fraction of sp³-hybridized carbons (Fsp3) is 0.333.